The lowest BCUT2D eigenvalue weighted by atomic mass is 9.93. The maximum Gasteiger partial charge on any atom is 0.0546 e. The van der Waals surface area contributed by atoms with Crippen LogP contribution in [0.1, 0.15) is 0 Å². The predicted molar refractivity (Wildman–Crippen MR) is 185 cm³/mol. The number of hydrogen-bond donors (Lipinski definition) is 0. The molecular formula is C42H29N. The molecule has 0 saturated heterocycles. The monoisotopic (exact) mass is 547 g/mol. The molecule has 8 aromatic rings. The minimum Gasteiger partial charge on any atom is -0.310 e. The first-order valence-corrected chi connectivity index (χ1v) is 14.8. The quantitative estimate of drug-likeness (QED) is 0.207. The fraction of sp³-hybridized carbons (Fsp3) is 0. The highest BCUT2D eigenvalue weighted by Crippen LogP contribution is 2.45. The molecule has 43 heavy (non-hydrogen) atoms. The predicted octanol–water partition coefficient (Wildman–Crippen LogP) is 11.9. The molecule has 8 aromatic carbocycles. The van der Waals surface area contributed by atoms with Crippen molar-refractivity contribution in [2.45, 2.75) is 0 Å². The van der Waals surface area contributed by atoms with Crippen LogP contribution < -0.4 is 4.90 Å². The molecule has 0 atom stereocenters. The lowest BCUT2D eigenvalue weighted by Gasteiger charge is -2.29. The molecule has 0 spiro atoms. The zero-order valence-electron chi connectivity index (χ0n) is 23.7. The van der Waals surface area contributed by atoms with Crippen LogP contribution in [0.3, 0.4) is 0 Å². The first kappa shape index (κ1) is 25.1. The van der Waals surface area contributed by atoms with Crippen molar-refractivity contribution in [3.8, 4) is 22.3 Å². The summed E-state index contributed by atoms with van der Waals surface area (Å²) in [4.78, 5) is 2.41. The van der Waals surface area contributed by atoms with E-state index >= 15 is 0 Å². The summed E-state index contributed by atoms with van der Waals surface area (Å²) < 4.78 is 0. The third-order valence-electron chi connectivity index (χ3n) is 8.41. The molecule has 202 valence electrons. The number of rotatable bonds is 5. The normalized spacial score (nSPS) is 11.3. The summed E-state index contributed by atoms with van der Waals surface area (Å²) >= 11 is 0. The van der Waals surface area contributed by atoms with Gasteiger partial charge >= 0.3 is 0 Å². The van der Waals surface area contributed by atoms with Crippen LogP contribution in [0, 0.1) is 0 Å². The van der Waals surface area contributed by atoms with Crippen LogP contribution in [0.5, 0.6) is 0 Å². The van der Waals surface area contributed by atoms with Gasteiger partial charge in [0.1, 0.15) is 0 Å². The van der Waals surface area contributed by atoms with Gasteiger partial charge in [-0.2, -0.15) is 0 Å². The Bertz CT molecular complexity index is 2230. The largest absolute Gasteiger partial charge is 0.310 e. The van der Waals surface area contributed by atoms with Gasteiger partial charge in [0.15, 0.2) is 0 Å². The highest BCUT2D eigenvalue weighted by molar-refractivity contribution is 6.07. The average molecular weight is 548 g/mol. The second kappa shape index (κ2) is 10.6. The van der Waals surface area contributed by atoms with E-state index in [0.29, 0.717) is 0 Å². The molecule has 8 rings (SSSR count). The number of nitrogens with zero attached hydrogens (tertiary/aromatic N) is 1. The molecular weight excluding hydrogens is 518 g/mol. The molecule has 0 amide bonds. The van der Waals surface area contributed by atoms with Gasteiger partial charge in [-0.1, -0.05) is 140 Å². The van der Waals surface area contributed by atoms with Gasteiger partial charge in [0, 0.05) is 16.9 Å². The zero-order chi connectivity index (χ0) is 28.6. The summed E-state index contributed by atoms with van der Waals surface area (Å²) in [6.07, 6.45) is 0. The number of fused-ring (bicyclic) bond motifs is 3. The van der Waals surface area contributed by atoms with Crippen molar-refractivity contribution in [1.29, 1.82) is 0 Å². The van der Waals surface area contributed by atoms with Crippen molar-refractivity contribution >= 4 is 49.4 Å². The molecule has 0 heterocycles. The van der Waals surface area contributed by atoms with E-state index in [1.807, 2.05) is 0 Å². The summed E-state index contributed by atoms with van der Waals surface area (Å²) in [5, 5.41) is 7.41. The highest BCUT2D eigenvalue weighted by atomic mass is 15.1. The Labute approximate surface area is 251 Å². The van der Waals surface area contributed by atoms with Gasteiger partial charge in [-0.15, -0.1) is 0 Å². The van der Waals surface area contributed by atoms with Crippen LogP contribution >= 0.6 is 0 Å². The van der Waals surface area contributed by atoms with Gasteiger partial charge in [-0.25, -0.2) is 0 Å². The van der Waals surface area contributed by atoms with Crippen LogP contribution in [0.2, 0.25) is 0 Å². The lowest BCUT2D eigenvalue weighted by molar-refractivity contribution is 1.29. The SMILES string of the molecule is c1ccc(-c2ccc(N(c3ccc4ccccc4c3)c3ccc4ccccc4c3-c3ccc4ccccc4c3)cc2)cc1. The molecule has 0 fully saturated rings. The highest BCUT2D eigenvalue weighted by Gasteiger charge is 2.20. The van der Waals surface area contributed by atoms with Gasteiger partial charge in [-0.05, 0) is 85.4 Å². The van der Waals surface area contributed by atoms with Gasteiger partial charge < -0.3 is 4.90 Å². The lowest BCUT2D eigenvalue weighted by Crippen LogP contribution is -2.11. The van der Waals surface area contributed by atoms with Gasteiger partial charge in [0.05, 0.1) is 5.69 Å². The minimum absolute atomic E-state index is 1.12. The molecule has 1 nitrogen and oxygen atoms in total. The Hall–Kier alpha value is -5.66. The van der Waals surface area contributed by atoms with Crippen molar-refractivity contribution in [3.63, 3.8) is 0 Å². The molecule has 0 unspecified atom stereocenters. The third kappa shape index (κ3) is 4.62. The Morgan fingerprint density at radius 3 is 1.56 bits per heavy atom. The van der Waals surface area contributed by atoms with Crippen molar-refractivity contribution in [2.75, 3.05) is 4.90 Å². The zero-order valence-corrected chi connectivity index (χ0v) is 23.7. The summed E-state index contributed by atoms with van der Waals surface area (Å²) in [7, 11) is 0. The third-order valence-corrected chi connectivity index (χ3v) is 8.41. The average Bonchev–Trinajstić information content (AvgIpc) is 3.08. The second-order valence-corrected chi connectivity index (χ2v) is 11.0. The maximum absolute atomic E-state index is 2.41. The molecule has 0 N–H and O–H groups in total. The molecule has 0 radical (unpaired) electrons. The fourth-order valence-corrected chi connectivity index (χ4v) is 6.27. The van der Waals surface area contributed by atoms with Crippen molar-refractivity contribution in [3.05, 3.63) is 176 Å². The Morgan fingerprint density at radius 2 is 0.814 bits per heavy atom. The van der Waals surface area contributed by atoms with Crippen LogP contribution in [0.25, 0.3) is 54.6 Å². The van der Waals surface area contributed by atoms with E-state index in [1.165, 1.54) is 54.6 Å². The Balaban J connectivity index is 1.39. The van der Waals surface area contributed by atoms with Crippen LogP contribution in [0.15, 0.2) is 176 Å². The second-order valence-electron chi connectivity index (χ2n) is 11.0. The molecule has 1 heteroatoms. The first-order chi connectivity index (χ1) is 21.3. The Kier molecular flexibility index (Phi) is 6.20. The van der Waals surface area contributed by atoms with E-state index in [9.17, 15) is 0 Å². The van der Waals surface area contributed by atoms with E-state index < -0.39 is 0 Å². The molecule has 0 bridgehead atoms. The van der Waals surface area contributed by atoms with E-state index in [4.69, 9.17) is 0 Å². The van der Waals surface area contributed by atoms with E-state index in [-0.39, 0.29) is 0 Å². The summed E-state index contributed by atoms with van der Waals surface area (Å²) in [5.41, 5.74) is 8.25. The van der Waals surface area contributed by atoms with Crippen molar-refractivity contribution in [1.82, 2.24) is 0 Å². The maximum atomic E-state index is 2.41. The van der Waals surface area contributed by atoms with E-state index in [1.54, 1.807) is 0 Å². The van der Waals surface area contributed by atoms with Crippen molar-refractivity contribution in [2.24, 2.45) is 0 Å². The minimum atomic E-state index is 1.12. The van der Waals surface area contributed by atoms with Crippen molar-refractivity contribution < 1.29 is 0 Å². The molecule has 0 saturated carbocycles. The fourth-order valence-electron chi connectivity index (χ4n) is 6.27. The van der Waals surface area contributed by atoms with Gasteiger partial charge in [-0.3, -0.25) is 0 Å². The van der Waals surface area contributed by atoms with Crippen LogP contribution in [-0.4, -0.2) is 0 Å². The topological polar surface area (TPSA) is 3.24 Å². The smallest absolute Gasteiger partial charge is 0.0546 e. The number of benzene rings is 8. The van der Waals surface area contributed by atoms with Crippen LogP contribution in [0.4, 0.5) is 17.1 Å². The molecule has 0 aliphatic heterocycles. The number of anilines is 3. The van der Waals surface area contributed by atoms with E-state index in [2.05, 4.69) is 181 Å². The summed E-state index contributed by atoms with van der Waals surface area (Å²) in [6.45, 7) is 0. The molecule has 0 aliphatic carbocycles. The summed E-state index contributed by atoms with van der Waals surface area (Å²) in [5.74, 6) is 0. The van der Waals surface area contributed by atoms with Crippen LogP contribution in [-0.2, 0) is 0 Å². The molecule has 0 aliphatic rings. The van der Waals surface area contributed by atoms with E-state index in [0.717, 1.165) is 17.1 Å². The summed E-state index contributed by atoms with van der Waals surface area (Å²) in [6, 6.07) is 63.6. The Morgan fingerprint density at radius 1 is 0.302 bits per heavy atom. The first-order valence-electron chi connectivity index (χ1n) is 14.8. The number of hydrogen-bond acceptors (Lipinski definition) is 1. The standard InChI is InChI=1S/C42H29N/c1-2-10-30(11-3-1)33-20-24-38(25-21-33)43(39-26-22-32-13-5-7-16-36(32)29-39)41-27-23-34-14-8-9-17-40(34)42(41)37-19-18-31-12-4-6-15-35(31)28-37/h1-29H. The van der Waals surface area contributed by atoms with Gasteiger partial charge in [0.25, 0.3) is 0 Å². The van der Waals surface area contributed by atoms with Gasteiger partial charge in [0.2, 0.25) is 0 Å². The molecule has 0 aromatic heterocycles.